The molecule has 0 aliphatic carbocycles. The maximum absolute atomic E-state index is 10.4. The van der Waals surface area contributed by atoms with Gasteiger partial charge in [-0.1, -0.05) is 34.9 Å². The molecule has 114 valence electrons. The first-order chi connectivity index (χ1) is 9.41. The standard InChI is InChI=1S/C16H27O3P/c1-14(2)7-5-8-15(3)9-6-10-16(4)11-12-19-13-20(17)18/h7,9,11H,5-6,8,10,12-13H2,1-4H3/p+1/b15-9+,16-11+. The number of allylic oxidation sites excluding steroid dienone is 5. The molecular formula is C16H28O3P+. The fourth-order valence-electron chi connectivity index (χ4n) is 1.67. The zero-order valence-corrected chi connectivity index (χ0v) is 14.1. The summed E-state index contributed by atoms with van der Waals surface area (Å²) in [5, 5.41) is 0. The van der Waals surface area contributed by atoms with Gasteiger partial charge in [-0.25, -0.2) is 0 Å². The minimum absolute atomic E-state index is 0.0809. The molecule has 0 saturated heterocycles. The van der Waals surface area contributed by atoms with Crippen molar-refractivity contribution in [2.75, 3.05) is 13.0 Å². The third kappa shape index (κ3) is 13.7. The Bertz CT molecular complexity index is 377. The molecule has 0 aliphatic rings. The quantitative estimate of drug-likeness (QED) is 0.346. The van der Waals surface area contributed by atoms with E-state index in [4.69, 9.17) is 9.63 Å². The number of hydrogen-bond donors (Lipinski definition) is 1. The SMILES string of the molecule is CC(C)=CCC/C(C)=C/CC/C(C)=C/COC[P+](=O)O. The first kappa shape index (κ1) is 19.2. The van der Waals surface area contributed by atoms with E-state index in [-0.39, 0.29) is 6.35 Å². The van der Waals surface area contributed by atoms with Crippen LogP contribution < -0.4 is 0 Å². The molecular weight excluding hydrogens is 271 g/mol. The van der Waals surface area contributed by atoms with Gasteiger partial charge < -0.3 is 4.74 Å². The first-order valence-corrected chi connectivity index (χ1v) is 8.47. The highest BCUT2D eigenvalue weighted by Gasteiger charge is 2.07. The van der Waals surface area contributed by atoms with Gasteiger partial charge in [-0.05, 0) is 57.9 Å². The van der Waals surface area contributed by atoms with Crippen molar-refractivity contribution in [3.8, 4) is 0 Å². The third-order valence-electron chi connectivity index (χ3n) is 2.87. The van der Waals surface area contributed by atoms with Crippen LogP contribution >= 0.6 is 8.03 Å². The summed E-state index contributed by atoms with van der Waals surface area (Å²) in [6.07, 6.45) is 10.8. The van der Waals surface area contributed by atoms with Gasteiger partial charge >= 0.3 is 8.03 Å². The Labute approximate surface area is 124 Å². The highest BCUT2D eigenvalue weighted by Crippen LogP contribution is 2.13. The summed E-state index contributed by atoms with van der Waals surface area (Å²) in [6.45, 7) is 8.91. The van der Waals surface area contributed by atoms with Gasteiger partial charge in [0.25, 0.3) is 6.35 Å². The Balaban J connectivity index is 3.82. The molecule has 0 radical (unpaired) electrons. The van der Waals surface area contributed by atoms with Crippen LogP contribution in [0.25, 0.3) is 0 Å². The summed E-state index contributed by atoms with van der Waals surface area (Å²) in [5.41, 5.74) is 4.07. The number of hydrogen-bond acceptors (Lipinski definition) is 2. The summed E-state index contributed by atoms with van der Waals surface area (Å²) in [6, 6.07) is 0. The Morgan fingerprint density at radius 3 is 2.10 bits per heavy atom. The van der Waals surface area contributed by atoms with E-state index in [0.29, 0.717) is 6.61 Å². The maximum atomic E-state index is 10.4. The molecule has 0 amide bonds. The summed E-state index contributed by atoms with van der Waals surface area (Å²) in [5.74, 6) is 0. The second-order valence-corrected chi connectivity index (χ2v) is 6.27. The maximum Gasteiger partial charge on any atom is 0.534 e. The van der Waals surface area contributed by atoms with E-state index in [9.17, 15) is 4.57 Å². The smallest absolute Gasteiger partial charge is 0.331 e. The van der Waals surface area contributed by atoms with Crippen LogP contribution in [0.4, 0.5) is 0 Å². The topological polar surface area (TPSA) is 46.5 Å². The van der Waals surface area contributed by atoms with Crippen molar-refractivity contribution >= 4 is 8.03 Å². The van der Waals surface area contributed by atoms with Gasteiger partial charge in [0.2, 0.25) is 0 Å². The van der Waals surface area contributed by atoms with Gasteiger partial charge in [0.05, 0.1) is 6.61 Å². The van der Waals surface area contributed by atoms with Crippen molar-refractivity contribution in [1.82, 2.24) is 0 Å². The molecule has 3 nitrogen and oxygen atoms in total. The Kier molecular flexibility index (Phi) is 11.6. The molecule has 20 heavy (non-hydrogen) atoms. The van der Waals surface area contributed by atoms with Crippen LogP contribution in [-0.4, -0.2) is 17.8 Å². The molecule has 0 aromatic carbocycles. The van der Waals surface area contributed by atoms with E-state index in [1.807, 2.05) is 6.08 Å². The second kappa shape index (κ2) is 12.0. The van der Waals surface area contributed by atoms with E-state index in [1.165, 1.54) is 16.7 Å². The van der Waals surface area contributed by atoms with Gasteiger partial charge in [0.1, 0.15) is 0 Å². The predicted molar refractivity (Wildman–Crippen MR) is 86.1 cm³/mol. The highest BCUT2D eigenvalue weighted by molar-refractivity contribution is 7.37. The van der Waals surface area contributed by atoms with Crippen LogP contribution in [0.2, 0.25) is 0 Å². The summed E-state index contributed by atoms with van der Waals surface area (Å²) < 4.78 is 15.4. The van der Waals surface area contributed by atoms with Crippen molar-refractivity contribution in [3.05, 3.63) is 34.9 Å². The van der Waals surface area contributed by atoms with Gasteiger partial charge in [-0.3, -0.25) is 0 Å². The Morgan fingerprint density at radius 2 is 1.55 bits per heavy atom. The lowest BCUT2D eigenvalue weighted by Crippen LogP contribution is -1.91. The lowest BCUT2D eigenvalue weighted by atomic mass is 10.1. The molecule has 0 spiro atoms. The minimum Gasteiger partial charge on any atom is -0.331 e. The lowest BCUT2D eigenvalue weighted by molar-refractivity contribution is 0.203. The van der Waals surface area contributed by atoms with Crippen LogP contribution in [0.15, 0.2) is 34.9 Å². The molecule has 4 heteroatoms. The first-order valence-electron chi connectivity index (χ1n) is 7.07. The number of ether oxygens (including phenoxy) is 1. The molecule has 1 unspecified atom stereocenters. The minimum atomic E-state index is -2.18. The Morgan fingerprint density at radius 1 is 1.00 bits per heavy atom. The van der Waals surface area contributed by atoms with Crippen LogP contribution in [0, 0.1) is 0 Å². The van der Waals surface area contributed by atoms with Crippen molar-refractivity contribution in [3.63, 3.8) is 0 Å². The molecule has 0 heterocycles. The normalized spacial score (nSPS) is 13.3. The predicted octanol–water partition coefficient (Wildman–Crippen LogP) is 5.11. The summed E-state index contributed by atoms with van der Waals surface area (Å²) in [7, 11) is -2.18. The van der Waals surface area contributed by atoms with Crippen molar-refractivity contribution in [2.24, 2.45) is 0 Å². The molecule has 0 saturated carbocycles. The molecule has 1 atom stereocenters. The molecule has 0 aliphatic heterocycles. The molecule has 1 N–H and O–H groups in total. The van der Waals surface area contributed by atoms with Gasteiger partial charge in [-0.2, -0.15) is 4.89 Å². The average molecular weight is 299 g/mol. The molecule has 0 rings (SSSR count). The van der Waals surface area contributed by atoms with Crippen LogP contribution in [0.5, 0.6) is 0 Å². The summed E-state index contributed by atoms with van der Waals surface area (Å²) >= 11 is 0. The van der Waals surface area contributed by atoms with E-state index in [0.717, 1.165) is 25.7 Å². The lowest BCUT2D eigenvalue weighted by Gasteiger charge is -2.01. The fourth-order valence-corrected chi connectivity index (χ4v) is 1.93. The molecule has 0 fully saturated rings. The highest BCUT2D eigenvalue weighted by atomic mass is 31.1. The summed E-state index contributed by atoms with van der Waals surface area (Å²) in [4.78, 5) is 8.58. The van der Waals surface area contributed by atoms with E-state index < -0.39 is 8.03 Å². The molecule has 0 bridgehead atoms. The van der Waals surface area contributed by atoms with Crippen molar-refractivity contribution in [1.29, 1.82) is 0 Å². The Hall–Kier alpha value is -0.760. The fraction of sp³-hybridized carbons (Fsp3) is 0.625. The van der Waals surface area contributed by atoms with E-state index in [1.54, 1.807) is 0 Å². The van der Waals surface area contributed by atoms with Crippen molar-refractivity contribution in [2.45, 2.75) is 53.4 Å². The zero-order chi connectivity index (χ0) is 15.4. The van der Waals surface area contributed by atoms with Crippen LogP contribution in [-0.2, 0) is 9.30 Å². The van der Waals surface area contributed by atoms with Crippen LogP contribution in [0.3, 0.4) is 0 Å². The average Bonchev–Trinajstić information content (AvgIpc) is 2.34. The monoisotopic (exact) mass is 299 g/mol. The van der Waals surface area contributed by atoms with E-state index in [2.05, 4.69) is 39.8 Å². The van der Waals surface area contributed by atoms with Gasteiger partial charge in [0, 0.05) is 0 Å². The second-order valence-electron chi connectivity index (χ2n) is 5.31. The van der Waals surface area contributed by atoms with Crippen LogP contribution in [0.1, 0.15) is 53.4 Å². The molecule has 0 aromatic rings. The van der Waals surface area contributed by atoms with E-state index >= 15 is 0 Å². The zero-order valence-electron chi connectivity index (χ0n) is 13.2. The largest absolute Gasteiger partial charge is 0.534 e. The van der Waals surface area contributed by atoms with Crippen molar-refractivity contribution < 1.29 is 14.2 Å². The van der Waals surface area contributed by atoms with Gasteiger partial charge in [-0.15, -0.1) is 0 Å². The third-order valence-corrected chi connectivity index (χ3v) is 3.28. The molecule has 0 aromatic heterocycles. The number of rotatable bonds is 10. The van der Waals surface area contributed by atoms with Gasteiger partial charge in [0.15, 0.2) is 0 Å².